The minimum atomic E-state index is -0.0910. The molecule has 1 unspecified atom stereocenters. The van der Waals surface area contributed by atoms with E-state index in [9.17, 15) is 4.79 Å². The first-order valence-corrected chi connectivity index (χ1v) is 8.88. The number of ether oxygens (including phenoxy) is 3. The summed E-state index contributed by atoms with van der Waals surface area (Å²) >= 11 is 0. The van der Waals surface area contributed by atoms with Crippen LogP contribution in [-0.2, 0) is 22.7 Å². The Bertz CT molecular complexity index is 749. The van der Waals surface area contributed by atoms with Crippen molar-refractivity contribution in [1.29, 1.82) is 0 Å². The molecule has 0 aliphatic rings. The predicted octanol–water partition coefficient (Wildman–Crippen LogP) is 3.36. The van der Waals surface area contributed by atoms with Crippen LogP contribution in [-0.4, -0.2) is 33.3 Å². The number of nitrogens with one attached hydrogen (secondary N) is 2. The van der Waals surface area contributed by atoms with Gasteiger partial charge in [-0.2, -0.15) is 0 Å². The zero-order valence-electron chi connectivity index (χ0n) is 16.4. The minimum absolute atomic E-state index is 0.0113. The summed E-state index contributed by atoms with van der Waals surface area (Å²) < 4.78 is 15.7. The van der Waals surface area contributed by atoms with Crippen LogP contribution in [0.5, 0.6) is 11.5 Å². The number of carbonyl (C=O) groups excluding carboxylic acids is 1. The van der Waals surface area contributed by atoms with Crippen molar-refractivity contribution < 1.29 is 19.0 Å². The van der Waals surface area contributed by atoms with Gasteiger partial charge in [0.25, 0.3) is 0 Å². The van der Waals surface area contributed by atoms with Crippen LogP contribution in [0.25, 0.3) is 0 Å². The molecule has 0 heterocycles. The SMILES string of the molecule is COCc1ccccc1CNC(C)CC(=O)Nc1cc(OC)ccc1OC. The summed E-state index contributed by atoms with van der Waals surface area (Å²) in [5.74, 6) is 1.16. The summed E-state index contributed by atoms with van der Waals surface area (Å²) in [4.78, 5) is 12.4. The normalized spacial score (nSPS) is 11.7. The van der Waals surface area contributed by atoms with Crippen molar-refractivity contribution in [3.63, 3.8) is 0 Å². The second-order valence-corrected chi connectivity index (χ2v) is 6.30. The maximum atomic E-state index is 12.4. The highest BCUT2D eigenvalue weighted by Gasteiger charge is 2.13. The van der Waals surface area contributed by atoms with Gasteiger partial charge in [0.15, 0.2) is 0 Å². The molecule has 0 radical (unpaired) electrons. The van der Waals surface area contributed by atoms with Crippen LogP contribution in [0.2, 0.25) is 0 Å². The lowest BCUT2D eigenvalue weighted by atomic mass is 10.1. The van der Waals surface area contributed by atoms with E-state index in [4.69, 9.17) is 14.2 Å². The largest absolute Gasteiger partial charge is 0.497 e. The number of carbonyl (C=O) groups is 1. The maximum absolute atomic E-state index is 12.4. The smallest absolute Gasteiger partial charge is 0.226 e. The minimum Gasteiger partial charge on any atom is -0.497 e. The van der Waals surface area contributed by atoms with Crippen LogP contribution in [0.1, 0.15) is 24.5 Å². The molecule has 1 atom stereocenters. The molecule has 27 heavy (non-hydrogen) atoms. The molecule has 146 valence electrons. The van der Waals surface area contributed by atoms with Gasteiger partial charge >= 0.3 is 0 Å². The van der Waals surface area contributed by atoms with Gasteiger partial charge in [-0.1, -0.05) is 24.3 Å². The zero-order valence-corrected chi connectivity index (χ0v) is 16.4. The van der Waals surface area contributed by atoms with Crippen molar-refractivity contribution in [2.24, 2.45) is 0 Å². The number of hydrogen-bond acceptors (Lipinski definition) is 5. The first-order valence-electron chi connectivity index (χ1n) is 8.88. The van der Waals surface area contributed by atoms with E-state index in [1.54, 1.807) is 39.5 Å². The van der Waals surface area contributed by atoms with Gasteiger partial charge in [-0.3, -0.25) is 4.79 Å². The van der Waals surface area contributed by atoms with Crippen molar-refractivity contribution in [3.8, 4) is 11.5 Å². The fourth-order valence-corrected chi connectivity index (χ4v) is 2.77. The van der Waals surface area contributed by atoms with Gasteiger partial charge < -0.3 is 24.8 Å². The van der Waals surface area contributed by atoms with Crippen molar-refractivity contribution >= 4 is 11.6 Å². The number of rotatable bonds is 10. The van der Waals surface area contributed by atoms with Gasteiger partial charge in [-0.05, 0) is 30.2 Å². The first-order chi connectivity index (χ1) is 13.1. The highest BCUT2D eigenvalue weighted by Crippen LogP contribution is 2.29. The Morgan fingerprint density at radius 1 is 1.04 bits per heavy atom. The summed E-state index contributed by atoms with van der Waals surface area (Å²) in [7, 11) is 4.84. The highest BCUT2D eigenvalue weighted by atomic mass is 16.5. The molecule has 6 nitrogen and oxygen atoms in total. The van der Waals surface area contributed by atoms with Crippen LogP contribution >= 0.6 is 0 Å². The number of amides is 1. The average molecular weight is 372 g/mol. The molecule has 0 saturated carbocycles. The van der Waals surface area contributed by atoms with Gasteiger partial charge in [0.1, 0.15) is 11.5 Å². The molecule has 0 spiro atoms. The molecule has 0 aromatic heterocycles. The molecule has 2 N–H and O–H groups in total. The molecule has 0 bridgehead atoms. The molecule has 2 aromatic carbocycles. The monoisotopic (exact) mass is 372 g/mol. The third-order valence-corrected chi connectivity index (χ3v) is 4.23. The van der Waals surface area contributed by atoms with E-state index >= 15 is 0 Å². The summed E-state index contributed by atoms with van der Waals surface area (Å²) in [6.45, 7) is 3.24. The summed E-state index contributed by atoms with van der Waals surface area (Å²) in [5, 5.41) is 6.29. The molecule has 0 saturated heterocycles. The average Bonchev–Trinajstić information content (AvgIpc) is 2.67. The Balaban J connectivity index is 1.91. The quantitative estimate of drug-likeness (QED) is 0.669. The Labute approximate surface area is 160 Å². The predicted molar refractivity (Wildman–Crippen MR) is 106 cm³/mol. The Hall–Kier alpha value is -2.57. The molecule has 1 amide bonds. The Morgan fingerprint density at radius 2 is 1.78 bits per heavy atom. The Morgan fingerprint density at radius 3 is 2.44 bits per heavy atom. The number of anilines is 1. The lowest BCUT2D eigenvalue weighted by Crippen LogP contribution is -2.30. The van der Waals surface area contributed by atoms with Crippen LogP contribution in [0.4, 0.5) is 5.69 Å². The topological polar surface area (TPSA) is 68.8 Å². The molecular formula is C21H28N2O4. The molecule has 0 fully saturated rings. The zero-order chi connectivity index (χ0) is 19.6. The second-order valence-electron chi connectivity index (χ2n) is 6.30. The molecule has 0 aliphatic heterocycles. The van der Waals surface area contributed by atoms with E-state index in [1.165, 1.54) is 5.56 Å². The van der Waals surface area contributed by atoms with E-state index in [0.717, 1.165) is 5.56 Å². The van der Waals surface area contributed by atoms with E-state index in [0.29, 0.717) is 36.8 Å². The molecule has 6 heteroatoms. The second kappa shape index (κ2) is 10.5. The van der Waals surface area contributed by atoms with E-state index in [2.05, 4.69) is 16.7 Å². The van der Waals surface area contributed by atoms with Gasteiger partial charge in [0, 0.05) is 32.2 Å². The highest BCUT2D eigenvalue weighted by molar-refractivity contribution is 5.92. The van der Waals surface area contributed by atoms with Gasteiger partial charge in [0.05, 0.1) is 26.5 Å². The van der Waals surface area contributed by atoms with E-state index in [1.807, 2.05) is 25.1 Å². The van der Waals surface area contributed by atoms with Gasteiger partial charge in [-0.25, -0.2) is 0 Å². The standard InChI is InChI=1S/C21H28N2O4/c1-15(22-13-16-7-5-6-8-17(16)14-25-2)11-21(24)23-19-12-18(26-3)9-10-20(19)27-4/h5-10,12,15,22H,11,13-14H2,1-4H3,(H,23,24). The van der Waals surface area contributed by atoms with Crippen molar-refractivity contribution in [3.05, 3.63) is 53.6 Å². The van der Waals surface area contributed by atoms with Crippen molar-refractivity contribution in [1.82, 2.24) is 5.32 Å². The molecule has 2 aromatic rings. The summed E-state index contributed by atoms with van der Waals surface area (Å²) in [6.07, 6.45) is 0.340. The number of hydrogen-bond donors (Lipinski definition) is 2. The van der Waals surface area contributed by atoms with Gasteiger partial charge in [0.2, 0.25) is 5.91 Å². The van der Waals surface area contributed by atoms with Crippen LogP contribution in [0.3, 0.4) is 0 Å². The molecule has 2 rings (SSSR count). The van der Waals surface area contributed by atoms with E-state index in [-0.39, 0.29) is 11.9 Å². The lowest BCUT2D eigenvalue weighted by molar-refractivity contribution is -0.116. The summed E-state index contributed by atoms with van der Waals surface area (Å²) in [6, 6.07) is 13.4. The Kier molecular flexibility index (Phi) is 8.10. The van der Waals surface area contributed by atoms with Crippen LogP contribution in [0, 0.1) is 0 Å². The number of benzene rings is 2. The van der Waals surface area contributed by atoms with E-state index < -0.39 is 0 Å². The number of methoxy groups -OCH3 is 3. The third kappa shape index (κ3) is 6.27. The molecule has 0 aliphatic carbocycles. The molecular weight excluding hydrogens is 344 g/mol. The van der Waals surface area contributed by atoms with Crippen LogP contribution in [0.15, 0.2) is 42.5 Å². The lowest BCUT2D eigenvalue weighted by Gasteiger charge is -2.16. The third-order valence-electron chi connectivity index (χ3n) is 4.23. The van der Waals surface area contributed by atoms with Crippen LogP contribution < -0.4 is 20.1 Å². The first kappa shape index (κ1) is 20.7. The van der Waals surface area contributed by atoms with Crippen molar-refractivity contribution in [2.75, 3.05) is 26.6 Å². The fourth-order valence-electron chi connectivity index (χ4n) is 2.77. The van der Waals surface area contributed by atoms with Gasteiger partial charge in [-0.15, -0.1) is 0 Å². The van der Waals surface area contributed by atoms with Crippen molar-refractivity contribution in [2.45, 2.75) is 32.5 Å². The fraction of sp³-hybridized carbons (Fsp3) is 0.381. The summed E-state index contributed by atoms with van der Waals surface area (Å²) in [5.41, 5.74) is 2.91. The maximum Gasteiger partial charge on any atom is 0.226 e.